The minimum absolute atomic E-state index is 0.0311. The third kappa shape index (κ3) is 4.31. The van der Waals surface area contributed by atoms with Crippen molar-refractivity contribution >= 4 is 0 Å². The molecule has 0 aliphatic heterocycles. The average Bonchev–Trinajstić information content (AvgIpc) is 2.57. The summed E-state index contributed by atoms with van der Waals surface area (Å²) in [6, 6.07) is 11.8. The molecule has 2 aromatic rings. The van der Waals surface area contributed by atoms with Crippen LogP contribution in [0, 0.1) is 0 Å². The van der Waals surface area contributed by atoms with Gasteiger partial charge in [0.1, 0.15) is 11.5 Å². The van der Waals surface area contributed by atoms with Crippen LogP contribution in [-0.4, -0.2) is 10.2 Å². The van der Waals surface area contributed by atoms with Crippen molar-refractivity contribution in [3.05, 3.63) is 58.7 Å². The molecular weight excluding hydrogens is 296 g/mol. The molecule has 0 heterocycles. The maximum Gasteiger partial charge on any atom is 0.119 e. The quantitative estimate of drug-likeness (QED) is 0.630. The molecule has 130 valence electrons. The second-order valence-corrected chi connectivity index (χ2v) is 6.63. The van der Waals surface area contributed by atoms with Gasteiger partial charge in [-0.05, 0) is 42.5 Å². The van der Waals surface area contributed by atoms with Crippen LogP contribution >= 0.6 is 0 Å². The van der Waals surface area contributed by atoms with Crippen LogP contribution in [0.5, 0.6) is 11.5 Å². The molecule has 0 bridgehead atoms. The van der Waals surface area contributed by atoms with E-state index in [1.807, 2.05) is 12.1 Å². The van der Waals surface area contributed by atoms with Gasteiger partial charge in [0.25, 0.3) is 0 Å². The van der Waals surface area contributed by atoms with Crippen molar-refractivity contribution in [2.45, 2.75) is 65.2 Å². The average molecular weight is 326 g/mol. The zero-order valence-electron chi connectivity index (χ0n) is 15.2. The van der Waals surface area contributed by atoms with E-state index < -0.39 is 0 Å². The zero-order chi connectivity index (χ0) is 17.5. The van der Waals surface area contributed by atoms with Gasteiger partial charge in [0.15, 0.2) is 0 Å². The van der Waals surface area contributed by atoms with Crippen LogP contribution < -0.4 is 0 Å². The van der Waals surface area contributed by atoms with Gasteiger partial charge >= 0.3 is 0 Å². The SMILES string of the molecule is CCCc1ccc(O)c(C(CCC)c2cc(CCC)ccc2O)c1. The number of aromatic hydroxyl groups is 2. The van der Waals surface area contributed by atoms with Crippen LogP contribution in [0.25, 0.3) is 0 Å². The Morgan fingerprint density at radius 3 is 1.54 bits per heavy atom. The summed E-state index contributed by atoms with van der Waals surface area (Å²) in [5.41, 5.74) is 4.37. The lowest BCUT2D eigenvalue weighted by Gasteiger charge is -2.21. The van der Waals surface area contributed by atoms with Gasteiger partial charge in [0, 0.05) is 17.0 Å². The molecule has 2 nitrogen and oxygen atoms in total. The van der Waals surface area contributed by atoms with Crippen molar-refractivity contribution in [2.24, 2.45) is 0 Å². The summed E-state index contributed by atoms with van der Waals surface area (Å²) in [6.07, 6.45) is 6.09. The highest BCUT2D eigenvalue weighted by molar-refractivity contribution is 5.48. The fraction of sp³-hybridized carbons (Fsp3) is 0.455. The first kappa shape index (κ1) is 18.4. The van der Waals surface area contributed by atoms with Gasteiger partial charge in [-0.2, -0.15) is 0 Å². The van der Waals surface area contributed by atoms with Crippen LogP contribution in [-0.2, 0) is 12.8 Å². The van der Waals surface area contributed by atoms with Crippen molar-refractivity contribution in [3.63, 3.8) is 0 Å². The maximum absolute atomic E-state index is 10.4. The number of phenolic OH excluding ortho intramolecular Hbond substituents is 2. The molecule has 0 aliphatic carbocycles. The fourth-order valence-corrected chi connectivity index (χ4v) is 3.42. The molecule has 24 heavy (non-hydrogen) atoms. The van der Waals surface area contributed by atoms with E-state index in [4.69, 9.17) is 0 Å². The molecule has 0 radical (unpaired) electrons. The first-order valence-corrected chi connectivity index (χ1v) is 9.24. The van der Waals surface area contributed by atoms with E-state index in [-0.39, 0.29) is 5.92 Å². The van der Waals surface area contributed by atoms with Crippen molar-refractivity contribution in [3.8, 4) is 11.5 Å². The lowest BCUT2D eigenvalue weighted by Crippen LogP contribution is -2.04. The fourth-order valence-electron chi connectivity index (χ4n) is 3.42. The van der Waals surface area contributed by atoms with E-state index >= 15 is 0 Å². The predicted molar refractivity (Wildman–Crippen MR) is 101 cm³/mol. The summed E-state index contributed by atoms with van der Waals surface area (Å²) in [4.78, 5) is 0. The van der Waals surface area contributed by atoms with E-state index in [1.165, 1.54) is 11.1 Å². The normalized spacial score (nSPS) is 11.2. The molecule has 0 saturated heterocycles. The first-order chi connectivity index (χ1) is 11.6. The van der Waals surface area contributed by atoms with Crippen LogP contribution in [0.4, 0.5) is 0 Å². The van der Waals surface area contributed by atoms with Crippen molar-refractivity contribution < 1.29 is 10.2 Å². The summed E-state index contributed by atoms with van der Waals surface area (Å²) >= 11 is 0. The van der Waals surface area contributed by atoms with Gasteiger partial charge < -0.3 is 10.2 Å². The Morgan fingerprint density at radius 1 is 0.708 bits per heavy atom. The molecule has 0 amide bonds. The second kappa shape index (κ2) is 8.77. The number of hydrogen-bond donors (Lipinski definition) is 2. The second-order valence-electron chi connectivity index (χ2n) is 6.63. The molecule has 2 rings (SSSR count). The molecule has 0 saturated carbocycles. The molecule has 0 aromatic heterocycles. The Morgan fingerprint density at radius 2 is 1.17 bits per heavy atom. The summed E-state index contributed by atoms with van der Waals surface area (Å²) in [6.45, 7) is 6.47. The van der Waals surface area contributed by atoms with Gasteiger partial charge in [-0.3, -0.25) is 0 Å². The minimum Gasteiger partial charge on any atom is -0.508 e. The smallest absolute Gasteiger partial charge is 0.119 e. The molecule has 0 unspecified atom stereocenters. The predicted octanol–water partition coefficient (Wildman–Crippen LogP) is 5.93. The lowest BCUT2D eigenvalue weighted by molar-refractivity contribution is 0.450. The van der Waals surface area contributed by atoms with E-state index in [9.17, 15) is 10.2 Å². The Labute approximate surface area is 146 Å². The zero-order valence-corrected chi connectivity index (χ0v) is 15.2. The molecule has 2 aromatic carbocycles. The summed E-state index contributed by atoms with van der Waals surface area (Å²) in [7, 11) is 0. The number of aryl methyl sites for hydroxylation is 2. The van der Waals surface area contributed by atoms with E-state index in [0.717, 1.165) is 49.7 Å². The van der Waals surface area contributed by atoms with Gasteiger partial charge in [0.2, 0.25) is 0 Å². The van der Waals surface area contributed by atoms with Gasteiger partial charge in [0.05, 0.1) is 0 Å². The molecule has 0 spiro atoms. The van der Waals surface area contributed by atoms with Crippen LogP contribution in [0.2, 0.25) is 0 Å². The summed E-state index contributed by atoms with van der Waals surface area (Å²) in [5, 5.41) is 20.9. The first-order valence-electron chi connectivity index (χ1n) is 9.24. The molecule has 0 aliphatic rings. The Balaban J connectivity index is 2.50. The largest absolute Gasteiger partial charge is 0.508 e. The molecule has 0 fully saturated rings. The third-order valence-electron chi connectivity index (χ3n) is 4.59. The third-order valence-corrected chi connectivity index (χ3v) is 4.59. The Kier molecular flexibility index (Phi) is 6.72. The van der Waals surface area contributed by atoms with Gasteiger partial charge in [-0.25, -0.2) is 0 Å². The summed E-state index contributed by atoms with van der Waals surface area (Å²) in [5.74, 6) is 0.686. The number of rotatable bonds is 8. The van der Waals surface area contributed by atoms with E-state index in [1.54, 1.807) is 12.1 Å². The van der Waals surface area contributed by atoms with Crippen molar-refractivity contribution in [2.75, 3.05) is 0 Å². The minimum atomic E-state index is 0.0311. The van der Waals surface area contributed by atoms with Crippen LogP contribution in [0.1, 0.15) is 74.6 Å². The molecule has 2 heteroatoms. The lowest BCUT2D eigenvalue weighted by atomic mass is 9.84. The standard InChI is InChI=1S/C22H30O2/c1-4-7-16-10-12-21(23)19(14-16)18(9-6-3)20-15-17(8-5-2)11-13-22(20)24/h10-15,18,23-24H,4-9H2,1-3H3. The Bertz CT molecular complexity index is 606. The van der Waals surface area contributed by atoms with Crippen molar-refractivity contribution in [1.29, 1.82) is 0 Å². The van der Waals surface area contributed by atoms with Gasteiger partial charge in [-0.15, -0.1) is 0 Å². The molecule has 0 atom stereocenters. The topological polar surface area (TPSA) is 40.5 Å². The number of phenols is 2. The Hall–Kier alpha value is -1.96. The van der Waals surface area contributed by atoms with Crippen LogP contribution in [0.3, 0.4) is 0 Å². The van der Waals surface area contributed by atoms with Crippen LogP contribution in [0.15, 0.2) is 36.4 Å². The van der Waals surface area contributed by atoms with Crippen molar-refractivity contribution in [1.82, 2.24) is 0 Å². The highest BCUT2D eigenvalue weighted by Gasteiger charge is 2.21. The van der Waals surface area contributed by atoms with Gasteiger partial charge in [-0.1, -0.05) is 64.3 Å². The van der Waals surface area contributed by atoms with E-state index in [2.05, 4.69) is 32.9 Å². The molecule has 2 N–H and O–H groups in total. The maximum atomic E-state index is 10.4. The monoisotopic (exact) mass is 326 g/mol. The highest BCUT2D eigenvalue weighted by Crippen LogP contribution is 2.39. The summed E-state index contributed by atoms with van der Waals surface area (Å²) < 4.78 is 0. The number of benzene rings is 2. The highest BCUT2D eigenvalue weighted by atomic mass is 16.3. The number of hydrogen-bond acceptors (Lipinski definition) is 2. The van der Waals surface area contributed by atoms with E-state index in [0.29, 0.717) is 11.5 Å². The molecular formula is C22H30O2.